The summed E-state index contributed by atoms with van der Waals surface area (Å²) >= 11 is 0. The quantitative estimate of drug-likeness (QED) is 0.662. The van der Waals surface area contributed by atoms with Crippen LogP contribution in [0.3, 0.4) is 0 Å². The molecule has 1 aliphatic heterocycles. The summed E-state index contributed by atoms with van der Waals surface area (Å²) in [7, 11) is 3.13. The molecule has 1 amide bonds. The zero-order valence-electron chi connectivity index (χ0n) is 17.3. The maximum Gasteiger partial charge on any atom is 0.328 e. The molecule has 0 fully saturated rings. The molecular formula is C22H22N4O5. The zero-order valence-corrected chi connectivity index (χ0v) is 17.3. The second-order valence-corrected chi connectivity index (χ2v) is 7.17. The Labute approximate surface area is 177 Å². The van der Waals surface area contributed by atoms with Crippen molar-refractivity contribution in [3.63, 3.8) is 0 Å². The van der Waals surface area contributed by atoms with Crippen LogP contribution in [0, 0.1) is 0 Å². The number of hydrogen-bond acceptors (Lipinski definition) is 6. The predicted octanol–water partition coefficient (Wildman–Crippen LogP) is 1.20. The Hall–Kier alpha value is -3.88. The number of pyridine rings is 1. The normalized spacial score (nSPS) is 12.9. The lowest BCUT2D eigenvalue weighted by molar-refractivity contribution is 0.0731. The van der Waals surface area contributed by atoms with Crippen LogP contribution in [0.5, 0.6) is 11.5 Å². The molecule has 1 N–H and O–H groups in total. The average molecular weight is 422 g/mol. The summed E-state index contributed by atoms with van der Waals surface area (Å²) in [6, 6.07) is 8.99. The van der Waals surface area contributed by atoms with E-state index in [1.54, 1.807) is 43.5 Å². The fourth-order valence-corrected chi connectivity index (χ4v) is 3.69. The Morgan fingerprint density at radius 3 is 2.55 bits per heavy atom. The van der Waals surface area contributed by atoms with Crippen LogP contribution in [0.4, 0.5) is 0 Å². The minimum absolute atomic E-state index is 0.0179. The molecule has 31 heavy (non-hydrogen) atoms. The molecule has 0 bridgehead atoms. The van der Waals surface area contributed by atoms with Crippen molar-refractivity contribution < 1.29 is 14.3 Å². The van der Waals surface area contributed by atoms with Crippen molar-refractivity contribution in [2.75, 3.05) is 20.8 Å². The highest BCUT2D eigenvalue weighted by Gasteiger charge is 2.26. The van der Waals surface area contributed by atoms with Gasteiger partial charge in [0.05, 0.1) is 26.5 Å². The average Bonchev–Trinajstić information content (AvgIpc) is 2.80. The molecule has 0 atom stereocenters. The fourth-order valence-electron chi connectivity index (χ4n) is 3.69. The van der Waals surface area contributed by atoms with Crippen molar-refractivity contribution in [1.29, 1.82) is 0 Å². The number of methoxy groups -OCH3 is 2. The first-order valence-corrected chi connectivity index (χ1v) is 9.77. The lowest BCUT2D eigenvalue weighted by Crippen LogP contribution is -2.43. The summed E-state index contributed by atoms with van der Waals surface area (Å²) < 4.78 is 11.7. The monoisotopic (exact) mass is 422 g/mol. The highest BCUT2D eigenvalue weighted by atomic mass is 16.5. The number of rotatable bonds is 5. The van der Waals surface area contributed by atoms with Crippen LogP contribution in [-0.4, -0.2) is 46.1 Å². The van der Waals surface area contributed by atoms with E-state index in [4.69, 9.17) is 9.47 Å². The maximum absolute atomic E-state index is 13.1. The van der Waals surface area contributed by atoms with Crippen molar-refractivity contribution in [3.8, 4) is 11.5 Å². The predicted molar refractivity (Wildman–Crippen MR) is 113 cm³/mol. The van der Waals surface area contributed by atoms with Gasteiger partial charge in [-0.25, -0.2) is 4.79 Å². The summed E-state index contributed by atoms with van der Waals surface area (Å²) in [5, 5.41) is 0. The molecule has 0 unspecified atom stereocenters. The number of aromatic nitrogens is 3. The molecule has 160 valence electrons. The highest BCUT2D eigenvalue weighted by molar-refractivity contribution is 5.93. The molecule has 9 heteroatoms. The van der Waals surface area contributed by atoms with E-state index in [9.17, 15) is 14.4 Å². The minimum atomic E-state index is -0.641. The van der Waals surface area contributed by atoms with Gasteiger partial charge in [-0.15, -0.1) is 0 Å². The topological polar surface area (TPSA) is 107 Å². The van der Waals surface area contributed by atoms with Crippen molar-refractivity contribution in [1.82, 2.24) is 19.4 Å². The number of ether oxygens (including phenoxy) is 2. The Kier molecular flexibility index (Phi) is 5.57. The molecule has 0 aliphatic carbocycles. The number of carbonyl (C=O) groups is 1. The third-order valence-corrected chi connectivity index (χ3v) is 5.34. The largest absolute Gasteiger partial charge is 0.493 e. The van der Waals surface area contributed by atoms with Gasteiger partial charge in [-0.05, 0) is 41.8 Å². The Morgan fingerprint density at radius 1 is 1.13 bits per heavy atom. The van der Waals surface area contributed by atoms with E-state index in [0.717, 1.165) is 15.7 Å². The lowest BCUT2D eigenvalue weighted by atomic mass is 9.98. The number of nitrogens with zero attached hydrogens (tertiary/aromatic N) is 3. The van der Waals surface area contributed by atoms with Gasteiger partial charge in [0.25, 0.3) is 11.5 Å². The number of carbonyl (C=O) groups excluding carboxylic acids is 1. The molecule has 0 saturated carbocycles. The van der Waals surface area contributed by atoms with Gasteiger partial charge in [0.2, 0.25) is 0 Å². The molecule has 3 heterocycles. The number of hydrogen-bond donors (Lipinski definition) is 1. The van der Waals surface area contributed by atoms with Crippen LogP contribution < -0.4 is 20.7 Å². The maximum atomic E-state index is 13.1. The summed E-state index contributed by atoms with van der Waals surface area (Å²) in [5.41, 5.74) is 1.23. The molecule has 2 aromatic heterocycles. The van der Waals surface area contributed by atoms with E-state index in [2.05, 4.69) is 9.97 Å². The molecule has 0 radical (unpaired) electrons. The molecule has 3 aromatic rings. The van der Waals surface area contributed by atoms with Gasteiger partial charge < -0.3 is 19.4 Å². The Balaban J connectivity index is 1.63. The number of nitrogens with one attached hydrogen (secondary N) is 1. The Morgan fingerprint density at radius 2 is 1.87 bits per heavy atom. The van der Waals surface area contributed by atoms with E-state index in [1.165, 1.54) is 6.20 Å². The van der Waals surface area contributed by atoms with Gasteiger partial charge >= 0.3 is 5.69 Å². The van der Waals surface area contributed by atoms with Crippen molar-refractivity contribution >= 4 is 5.91 Å². The SMILES string of the molecule is COc1cc2c(cc1OC)CN(C(=O)c1c[nH]c(=O)n(Cc3ccccn3)c1=O)CC2. The lowest BCUT2D eigenvalue weighted by Gasteiger charge is -2.29. The Bertz CT molecular complexity index is 1230. The number of aromatic amines is 1. The number of H-pyrrole nitrogens is 1. The zero-order chi connectivity index (χ0) is 22.0. The first kappa shape index (κ1) is 20.4. The number of amides is 1. The van der Waals surface area contributed by atoms with Gasteiger partial charge in [-0.1, -0.05) is 6.07 Å². The van der Waals surface area contributed by atoms with Gasteiger partial charge in [0.15, 0.2) is 11.5 Å². The smallest absolute Gasteiger partial charge is 0.328 e. The molecule has 1 aromatic carbocycles. The van der Waals surface area contributed by atoms with Crippen molar-refractivity contribution in [2.24, 2.45) is 0 Å². The molecule has 0 saturated heterocycles. The molecular weight excluding hydrogens is 400 g/mol. The third kappa shape index (κ3) is 3.94. The summed E-state index contributed by atoms with van der Waals surface area (Å²) in [4.78, 5) is 46.5. The summed E-state index contributed by atoms with van der Waals surface area (Å²) in [5.74, 6) is 0.785. The van der Waals surface area contributed by atoms with Gasteiger partial charge in [0, 0.05) is 25.5 Å². The van der Waals surface area contributed by atoms with E-state index >= 15 is 0 Å². The third-order valence-electron chi connectivity index (χ3n) is 5.34. The van der Waals surface area contributed by atoms with Gasteiger partial charge in [0.1, 0.15) is 5.56 Å². The summed E-state index contributed by atoms with van der Waals surface area (Å²) in [6.07, 6.45) is 3.39. The summed E-state index contributed by atoms with van der Waals surface area (Å²) in [6.45, 7) is 0.753. The minimum Gasteiger partial charge on any atom is -0.493 e. The highest BCUT2D eigenvalue weighted by Crippen LogP contribution is 2.33. The van der Waals surface area contributed by atoms with Crippen LogP contribution in [0.15, 0.2) is 52.3 Å². The fraction of sp³-hybridized carbons (Fsp3) is 0.273. The van der Waals surface area contributed by atoms with Crippen LogP contribution in [-0.2, 0) is 19.5 Å². The van der Waals surface area contributed by atoms with Crippen LogP contribution in [0.1, 0.15) is 27.2 Å². The van der Waals surface area contributed by atoms with E-state index in [1.807, 2.05) is 12.1 Å². The molecule has 9 nitrogen and oxygen atoms in total. The van der Waals surface area contributed by atoms with E-state index < -0.39 is 17.2 Å². The first-order valence-electron chi connectivity index (χ1n) is 9.77. The van der Waals surface area contributed by atoms with Crippen LogP contribution in [0.2, 0.25) is 0 Å². The molecule has 0 spiro atoms. The molecule has 4 rings (SSSR count). The van der Waals surface area contributed by atoms with Gasteiger partial charge in [-0.2, -0.15) is 0 Å². The number of benzene rings is 1. The van der Waals surface area contributed by atoms with Crippen molar-refractivity contribution in [2.45, 2.75) is 19.5 Å². The van der Waals surface area contributed by atoms with Crippen LogP contribution >= 0.6 is 0 Å². The second-order valence-electron chi connectivity index (χ2n) is 7.17. The number of fused-ring (bicyclic) bond motifs is 1. The first-order chi connectivity index (χ1) is 15.0. The van der Waals surface area contributed by atoms with Gasteiger partial charge in [-0.3, -0.25) is 19.1 Å². The molecule has 1 aliphatic rings. The standard InChI is InChI=1S/C22H22N4O5/c1-30-18-9-14-6-8-25(12-15(14)10-19(18)31-2)20(27)17-11-24-22(29)26(21(17)28)13-16-5-3-4-7-23-16/h3-5,7,9-11H,6,8,12-13H2,1-2H3,(H,24,29). The second kappa shape index (κ2) is 8.47. The van der Waals surface area contributed by atoms with Crippen molar-refractivity contribution in [3.05, 3.63) is 85.9 Å². The van der Waals surface area contributed by atoms with E-state index in [-0.39, 0.29) is 12.1 Å². The van der Waals surface area contributed by atoms with Crippen LogP contribution in [0.25, 0.3) is 0 Å². The van der Waals surface area contributed by atoms with E-state index in [0.29, 0.717) is 36.7 Å².